The average molecular weight is 559 g/mol. The highest BCUT2D eigenvalue weighted by atomic mass is 19.4. The van der Waals surface area contributed by atoms with Gasteiger partial charge in [-0.3, -0.25) is 4.79 Å². The Hall–Kier alpha value is -4.16. The van der Waals surface area contributed by atoms with Crippen molar-refractivity contribution >= 4 is 16.8 Å². The summed E-state index contributed by atoms with van der Waals surface area (Å²) in [6.45, 7) is 2.70. The van der Waals surface area contributed by atoms with Gasteiger partial charge in [-0.2, -0.15) is 18.3 Å². The van der Waals surface area contributed by atoms with E-state index in [1.165, 1.54) is 57.4 Å². The number of amides is 1. The first-order valence-corrected chi connectivity index (χ1v) is 12.0. The molecule has 2 heterocycles. The van der Waals surface area contributed by atoms with E-state index in [-0.39, 0.29) is 16.9 Å². The highest BCUT2D eigenvalue weighted by molar-refractivity contribution is 5.99. The zero-order chi connectivity index (χ0) is 29.5. The van der Waals surface area contributed by atoms with Crippen molar-refractivity contribution in [1.82, 2.24) is 20.5 Å². The second-order valence-corrected chi connectivity index (χ2v) is 9.79. The lowest BCUT2D eigenvalue weighted by atomic mass is 9.90. The molecule has 4 aromatic rings. The molecule has 2 aromatic heterocycles. The quantitative estimate of drug-likeness (QED) is 0.285. The molecule has 4 rings (SSSR count). The maximum atomic E-state index is 15.4. The molecular weight excluding hydrogens is 532 g/mol. The molecule has 0 bridgehead atoms. The Morgan fingerprint density at radius 1 is 1.02 bits per heavy atom. The predicted octanol–water partition coefficient (Wildman–Crippen LogP) is 4.56. The van der Waals surface area contributed by atoms with Crippen molar-refractivity contribution < 1.29 is 37.3 Å². The molecule has 3 N–H and O–H groups in total. The Kier molecular flexibility index (Phi) is 7.52. The number of hydrogen-bond donors (Lipinski definition) is 3. The summed E-state index contributed by atoms with van der Waals surface area (Å²) in [7, 11) is 1.34. The Balaban J connectivity index is 1.78. The van der Waals surface area contributed by atoms with Gasteiger partial charge in [-0.1, -0.05) is 30.3 Å². The van der Waals surface area contributed by atoms with Crippen LogP contribution in [0.15, 0.2) is 54.6 Å². The lowest BCUT2D eigenvalue weighted by Crippen LogP contribution is -2.51. The molecule has 0 radical (unpaired) electrons. The maximum Gasteiger partial charge on any atom is 0.424 e. The number of benzene rings is 2. The number of nitrogens with one attached hydrogen (secondary N) is 1. The minimum absolute atomic E-state index is 0.0597. The van der Waals surface area contributed by atoms with E-state index < -0.39 is 52.6 Å². The monoisotopic (exact) mass is 558 g/mol. The van der Waals surface area contributed by atoms with Crippen molar-refractivity contribution in [2.24, 2.45) is 0 Å². The van der Waals surface area contributed by atoms with Crippen molar-refractivity contribution in [2.75, 3.05) is 13.7 Å². The number of fused-ring (bicyclic) bond motifs is 1. The fourth-order valence-corrected chi connectivity index (χ4v) is 4.14. The van der Waals surface area contributed by atoms with Gasteiger partial charge < -0.3 is 20.3 Å². The van der Waals surface area contributed by atoms with Gasteiger partial charge in [0.05, 0.1) is 30.6 Å². The molecule has 1 atom stereocenters. The molecule has 1 amide bonds. The van der Waals surface area contributed by atoms with E-state index in [0.717, 1.165) is 0 Å². The molecule has 8 nitrogen and oxygen atoms in total. The van der Waals surface area contributed by atoms with Crippen LogP contribution in [0, 0.1) is 12.7 Å². The third-order valence-corrected chi connectivity index (χ3v) is 6.32. The first kappa shape index (κ1) is 28.8. The number of aryl methyl sites for hydroxylation is 1. The molecule has 0 aliphatic carbocycles. The van der Waals surface area contributed by atoms with Crippen LogP contribution in [0.25, 0.3) is 22.2 Å². The lowest BCUT2D eigenvalue weighted by Gasteiger charge is -2.32. The summed E-state index contributed by atoms with van der Waals surface area (Å²) in [5, 5.41) is 32.1. The van der Waals surface area contributed by atoms with Gasteiger partial charge in [-0.15, -0.1) is 5.10 Å². The smallest absolute Gasteiger partial charge is 0.424 e. The summed E-state index contributed by atoms with van der Waals surface area (Å²) in [6.07, 6.45) is -5.36. The second-order valence-electron chi connectivity index (χ2n) is 9.79. The van der Waals surface area contributed by atoms with Crippen LogP contribution in [-0.2, 0) is 11.2 Å². The van der Waals surface area contributed by atoms with Gasteiger partial charge in [0.25, 0.3) is 5.91 Å². The number of alkyl halides is 3. The summed E-state index contributed by atoms with van der Waals surface area (Å²) in [6, 6.07) is 12.5. The van der Waals surface area contributed by atoms with Crippen LogP contribution in [0.5, 0.6) is 5.75 Å². The Morgan fingerprint density at radius 3 is 2.30 bits per heavy atom. The molecule has 40 heavy (non-hydrogen) atoms. The van der Waals surface area contributed by atoms with E-state index >= 15 is 4.39 Å². The number of nitrogens with zero attached hydrogens (tertiary/aromatic N) is 3. The number of aliphatic hydroxyl groups is 2. The third-order valence-electron chi connectivity index (χ3n) is 6.32. The Labute approximate surface area is 226 Å². The van der Waals surface area contributed by atoms with Crippen LogP contribution >= 0.6 is 0 Å². The zero-order valence-electron chi connectivity index (χ0n) is 22.0. The van der Waals surface area contributed by atoms with E-state index in [4.69, 9.17) is 4.74 Å². The fraction of sp³-hybridized carbons (Fsp3) is 0.286. The molecule has 0 saturated heterocycles. The summed E-state index contributed by atoms with van der Waals surface area (Å²) < 4.78 is 64.0. The van der Waals surface area contributed by atoms with Gasteiger partial charge in [0.2, 0.25) is 5.60 Å². The zero-order valence-corrected chi connectivity index (χ0v) is 22.0. The number of carbonyl (C=O) groups excluding carboxylic acids is 1. The van der Waals surface area contributed by atoms with E-state index in [9.17, 15) is 28.2 Å². The molecule has 12 heteroatoms. The van der Waals surface area contributed by atoms with Crippen LogP contribution in [0.4, 0.5) is 17.6 Å². The number of aromatic nitrogens is 3. The minimum atomic E-state index is -5.36. The van der Waals surface area contributed by atoms with Crippen molar-refractivity contribution in [3.05, 3.63) is 82.9 Å². The molecule has 0 saturated carbocycles. The van der Waals surface area contributed by atoms with Gasteiger partial charge in [0.1, 0.15) is 17.0 Å². The summed E-state index contributed by atoms with van der Waals surface area (Å²) in [4.78, 5) is 16.9. The summed E-state index contributed by atoms with van der Waals surface area (Å²) in [5.41, 5.74) is -6.73. The highest BCUT2D eigenvalue weighted by Crippen LogP contribution is 2.41. The molecule has 210 valence electrons. The number of methoxy groups -OCH3 is 1. The van der Waals surface area contributed by atoms with Crippen LogP contribution < -0.4 is 10.1 Å². The van der Waals surface area contributed by atoms with Gasteiger partial charge in [-0.05, 0) is 45.0 Å². The molecular formula is C28H26F4N4O4. The minimum Gasteiger partial charge on any atom is -0.494 e. The van der Waals surface area contributed by atoms with Crippen molar-refractivity contribution in [1.29, 1.82) is 0 Å². The van der Waals surface area contributed by atoms with Crippen molar-refractivity contribution in [3.8, 4) is 17.0 Å². The first-order chi connectivity index (χ1) is 18.7. The fourth-order valence-electron chi connectivity index (χ4n) is 4.14. The van der Waals surface area contributed by atoms with Gasteiger partial charge in [0, 0.05) is 22.1 Å². The molecule has 2 aromatic carbocycles. The van der Waals surface area contributed by atoms with Crippen molar-refractivity contribution in [2.45, 2.75) is 38.1 Å². The highest BCUT2D eigenvalue weighted by Gasteiger charge is 2.57. The molecule has 0 aliphatic rings. The number of carbonyl (C=O) groups is 1. The topological polar surface area (TPSA) is 117 Å². The number of rotatable bonds is 7. The van der Waals surface area contributed by atoms with Crippen LogP contribution in [0.1, 0.15) is 41.2 Å². The number of ether oxygens (including phenoxy) is 1. The number of halogens is 4. The molecule has 0 spiro atoms. The van der Waals surface area contributed by atoms with E-state index in [2.05, 4.69) is 20.5 Å². The van der Waals surface area contributed by atoms with Gasteiger partial charge in [0.15, 0.2) is 5.82 Å². The second kappa shape index (κ2) is 10.4. The Morgan fingerprint density at radius 2 is 1.70 bits per heavy atom. The molecule has 0 fully saturated rings. The SMILES string of the molecule is COc1cc(C(=O)NCC(O)(c2cc(C(C)(C)O)c(F)c(-c3ccccc3)n2)C(F)(F)F)cc2cc(C)nnc12. The standard InChI is InChI=1S/C28H26F4N4O4/c1-15-10-17-11-18(12-20(40-4)23(17)36-35-15)25(37)33-14-27(39,28(30,31)32)21-13-19(26(2,3)38)22(29)24(34-21)16-8-6-5-7-9-16/h5-13,38-39H,14H2,1-4H3,(H,33,37). The van der Waals surface area contributed by atoms with Crippen molar-refractivity contribution in [3.63, 3.8) is 0 Å². The van der Waals surface area contributed by atoms with E-state index in [1.54, 1.807) is 19.1 Å². The largest absolute Gasteiger partial charge is 0.494 e. The van der Waals surface area contributed by atoms with Gasteiger partial charge in [-0.25, -0.2) is 9.37 Å². The summed E-state index contributed by atoms with van der Waals surface area (Å²) >= 11 is 0. The Bertz CT molecular complexity index is 1570. The van der Waals surface area contributed by atoms with Crippen LogP contribution in [0.2, 0.25) is 0 Å². The van der Waals surface area contributed by atoms with Crippen LogP contribution in [-0.4, -0.2) is 51.1 Å². The summed E-state index contributed by atoms with van der Waals surface area (Å²) in [5.74, 6) is -1.83. The normalized spacial score (nSPS) is 13.7. The van der Waals surface area contributed by atoms with Gasteiger partial charge >= 0.3 is 6.18 Å². The third kappa shape index (κ3) is 5.45. The van der Waals surface area contributed by atoms with E-state index in [0.29, 0.717) is 22.7 Å². The first-order valence-electron chi connectivity index (χ1n) is 12.0. The number of hydrogen-bond acceptors (Lipinski definition) is 7. The number of pyridine rings is 1. The maximum absolute atomic E-state index is 15.4. The van der Waals surface area contributed by atoms with E-state index in [1.807, 2.05) is 0 Å². The predicted molar refractivity (Wildman–Crippen MR) is 138 cm³/mol. The molecule has 1 unspecified atom stereocenters. The average Bonchev–Trinajstić information content (AvgIpc) is 2.89. The molecule has 0 aliphatic heterocycles. The lowest BCUT2D eigenvalue weighted by molar-refractivity contribution is -0.265. The van der Waals surface area contributed by atoms with Crippen LogP contribution in [0.3, 0.4) is 0 Å².